The molecule has 0 radical (unpaired) electrons. The molecule has 1 aliphatic heterocycles. The van der Waals surface area contributed by atoms with Crippen LogP contribution in [-0.2, 0) is 24.3 Å². The molecule has 1 aliphatic rings. The molecule has 7 nitrogen and oxygen atoms in total. The monoisotopic (exact) mass is 337 g/mol. The van der Waals surface area contributed by atoms with Crippen LogP contribution in [0.4, 0.5) is 0 Å². The van der Waals surface area contributed by atoms with Crippen molar-refractivity contribution in [3.05, 3.63) is 58.7 Å². The van der Waals surface area contributed by atoms with Gasteiger partial charge in [0.05, 0.1) is 17.2 Å². The number of nitrogens with one attached hydrogen (secondary N) is 1. The smallest absolute Gasteiger partial charge is 0.261 e. The number of hydrogen-bond acceptors (Lipinski definition) is 4. The Morgan fingerprint density at radius 3 is 3.08 bits per heavy atom. The highest BCUT2D eigenvalue weighted by molar-refractivity contribution is 5.79. The molecule has 25 heavy (non-hydrogen) atoms. The van der Waals surface area contributed by atoms with Gasteiger partial charge in [-0.2, -0.15) is 0 Å². The Balaban J connectivity index is 1.52. The summed E-state index contributed by atoms with van der Waals surface area (Å²) in [6.45, 7) is 2.44. The molecule has 1 amide bonds. The first-order valence-corrected chi connectivity index (χ1v) is 8.36. The number of aromatic nitrogens is 4. The first kappa shape index (κ1) is 15.6. The van der Waals surface area contributed by atoms with Crippen LogP contribution in [0.3, 0.4) is 0 Å². The van der Waals surface area contributed by atoms with Crippen molar-refractivity contribution < 1.29 is 4.79 Å². The molecule has 7 heteroatoms. The predicted molar refractivity (Wildman–Crippen MR) is 93.2 cm³/mol. The van der Waals surface area contributed by atoms with E-state index in [9.17, 15) is 9.59 Å². The van der Waals surface area contributed by atoms with Crippen LogP contribution in [0.15, 0.2) is 41.6 Å². The zero-order chi connectivity index (χ0) is 17.4. The van der Waals surface area contributed by atoms with Gasteiger partial charge in [-0.3, -0.25) is 14.2 Å². The van der Waals surface area contributed by atoms with Gasteiger partial charge in [0.25, 0.3) is 5.56 Å². The van der Waals surface area contributed by atoms with Gasteiger partial charge >= 0.3 is 0 Å². The summed E-state index contributed by atoms with van der Waals surface area (Å²) >= 11 is 0. The number of aryl methyl sites for hydroxylation is 2. The second kappa shape index (κ2) is 6.16. The lowest BCUT2D eigenvalue weighted by Gasteiger charge is -2.25. The van der Waals surface area contributed by atoms with Crippen molar-refractivity contribution in [1.29, 1.82) is 0 Å². The Kier molecular flexibility index (Phi) is 3.83. The highest BCUT2D eigenvalue weighted by Crippen LogP contribution is 2.14. The predicted octanol–water partition coefficient (Wildman–Crippen LogP) is 1.03. The number of amides is 1. The second-order valence-electron chi connectivity index (χ2n) is 6.41. The highest BCUT2D eigenvalue weighted by Gasteiger charge is 2.20. The zero-order valence-corrected chi connectivity index (χ0v) is 14.0. The number of fused-ring (bicyclic) bond motifs is 2. The molecule has 3 aromatic rings. The lowest BCUT2D eigenvalue weighted by Crippen LogP contribution is -2.43. The van der Waals surface area contributed by atoms with Crippen LogP contribution in [0.1, 0.15) is 17.9 Å². The summed E-state index contributed by atoms with van der Waals surface area (Å²) in [6.07, 6.45) is 5.42. The summed E-state index contributed by atoms with van der Waals surface area (Å²) in [7, 11) is 0. The fourth-order valence-corrected chi connectivity index (χ4v) is 3.37. The number of benzene rings is 1. The van der Waals surface area contributed by atoms with Gasteiger partial charge in [0.2, 0.25) is 5.91 Å². The van der Waals surface area contributed by atoms with Gasteiger partial charge in [0, 0.05) is 24.5 Å². The average molecular weight is 337 g/mol. The molecule has 128 valence electrons. The van der Waals surface area contributed by atoms with Crippen LogP contribution >= 0.6 is 0 Å². The molecule has 0 aliphatic carbocycles. The molecule has 4 rings (SSSR count). The van der Waals surface area contributed by atoms with Gasteiger partial charge in [-0.15, -0.1) is 0 Å². The van der Waals surface area contributed by atoms with Gasteiger partial charge in [-0.25, -0.2) is 9.97 Å². The van der Waals surface area contributed by atoms with E-state index in [1.54, 1.807) is 31.5 Å². The number of imidazole rings is 1. The maximum atomic E-state index is 12.6. The Hall–Kier alpha value is -2.96. The van der Waals surface area contributed by atoms with Crippen LogP contribution in [0.2, 0.25) is 0 Å². The van der Waals surface area contributed by atoms with Crippen molar-refractivity contribution in [1.82, 2.24) is 24.4 Å². The largest absolute Gasteiger partial charge is 0.350 e. The van der Waals surface area contributed by atoms with Crippen LogP contribution < -0.4 is 10.9 Å². The molecule has 2 aromatic heterocycles. The third kappa shape index (κ3) is 2.93. The standard InChI is InChI=1S/C18H19N5O2/c1-12-20-16-5-3-2-4-15(16)18(25)23(12)10-17(24)21-13-6-7-14-8-19-11-22(14)9-13/h2-5,8,11,13H,6-7,9-10H2,1H3,(H,21,24)/t13-/m1/s1. The minimum atomic E-state index is -0.182. The number of para-hydroxylation sites is 1. The summed E-state index contributed by atoms with van der Waals surface area (Å²) in [5.74, 6) is 0.371. The van der Waals surface area contributed by atoms with E-state index in [0.717, 1.165) is 12.8 Å². The normalized spacial score (nSPS) is 16.6. The van der Waals surface area contributed by atoms with Gasteiger partial charge in [0.15, 0.2) is 0 Å². The maximum absolute atomic E-state index is 12.6. The molecule has 1 atom stereocenters. The Bertz CT molecular complexity index is 1000. The van der Waals surface area contributed by atoms with Gasteiger partial charge in [-0.1, -0.05) is 12.1 Å². The summed E-state index contributed by atoms with van der Waals surface area (Å²) in [6, 6.07) is 7.24. The van der Waals surface area contributed by atoms with Crippen LogP contribution in [-0.4, -0.2) is 31.1 Å². The van der Waals surface area contributed by atoms with Crippen molar-refractivity contribution in [2.75, 3.05) is 0 Å². The van der Waals surface area contributed by atoms with Crippen molar-refractivity contribution in [2.24, 2.45) is 0 Å². The Labute approximate surface area is 144 Å². The van der Waals surface area contributed by atoms with Gasteiger partial charge < -0.3 is 9.88 Å². The third-order valence-corrected chi connectivity index (χ3v) is 4.68. The van der Waals surface area contributed by atoms with E-state index in [1.165, 1.54) is 10.3 Å². The molecule has 0 unspecified atom stereocenters. The van der Waals surface area contributed by atoms with E-state index < -0.39 is 0 Å². The fraction of sp³-hybridized carbons (Fsp3) is 0.333. The molecule has 0 saturated carbocycles. The quantitative estimate of drug-likeness (QED) is 0.774. The SMILES string of the molecule is Cc1nc2ccccc2c(=O)n1CC(=O)N[C@@H]1CCc2cncn2C1. The van der Waals surface area contributed by atoms with Crippen molar-refractivity contribution in [3.8, 4) is 0 Å². The van der Waals surface area contributed by atoms with Gasteiger partial charge in [-0.05, 0) is 31.9 Å². The van der Waals surface area contributed by atoms with Crippen LogP contribution in [0.25, 0.3) is 10.9 Å². The van der Waals surface area contributed by atoms with Crippen molar-refractivity contribution in [3.63, 3.8) is 0 Å². The lowest BCUT2D eigenvalue weighted by atomic mass is 10.1. The summed E-state index contributed by atoms with van der Waals surface area (Å²) < 4.78 is 3.49. The molecule has 3 heterocycles. The van der Waals surface area contributed by atoms with E-state index in [-0.39, 0.29) is 24.1 Å². The minimum Gasteiger partial charge on any atom is -0.350 e. The minimum absolute atomic E-state index is 0.0181. The maximum Gasteiger partial charge on any atom is 0.261 e. The number of carbonyl (C=O) groups excluding carboxylic acids is 1. The van der Waals surface area contributed by atoms with Crippen molar-refractivity contribution >= 4 is 16.8 Å². The number of carbonyl (C=O) groups is 1. The van der Waals surface area contributed by atoms with Crippen LogP contribution in [0, 0.1) is 6.92 Å². The van der Waals surface area contributed by atoms with Crippen molar-refractivity contribution in [2.45, 2.75) is 38.9 Å². The number of hydrogen-bond donors (Lipinski definition) is 1. The van der Waals surface area contributed by atoms with E-state index in [0.29, 0.717) is 23.3 Å². The lowest BCUT2D eigenvalue weighted by molar-refractivity contribution is -0.122. The first-order valence-electron chi connectivity index (χ1n) is 8.36. The molecule has 0 saturated heterocycles. The molecule has 0 bridgehead atoms. The molecular formula is C18H19N5O2. The zero-order valence-electron chi connectivity index (χ0n) is 14.0. The van der Waals surface area contributed by atoms with Crippen LogP contribution in [0.5, 0.6) is 0 Å². The topological polar surface area (TPSA) is 81.8 Å². The Morgan fingerprint density at radius 2 is 2.20 bits per heavy atom. The van der Waals surface area contributed by atoms with E-state index in [1.807, 2.05) is 12.3 Å². The third-order valence-electron chi connectivity index (χ3n) is 4.68. The second-order valence-corrected chi connectivity index (χ2v) is 6.41. The van der Waals surface area contributed by atoms with Gasteiger partial charge in [0.1, 0.15) is 12.4 Å². The number of rotatable bonds is 3. The summed E-state index contributed by atoms with van der Waals surface area (Å²) in [4.78, 5) is 33.6. The van der Waals surface area contributed by atoms with E-state index >= 15 is 0 Å². The average Bonchev–Trinajstić information content (AvgIpc) is 3.06. The Morgan fingerprint density at radius 1 is 1.36 bits per heavy atom. The molecule has 0 fully saturated rings. The van der Waals surface area contributed by atoms with E-state index in [2.05, 4.69) is 19.9 Å². The number of nitrogens with zero attached hydrogens (tertiary/aromatic N) is 4. The van der Waals surface area contributed by atoms with E-state index in [4.69, 9.17) is 0 Å². The summed E-state index contributed by atoms with van der Waals surface area (Å²) in [5, 5.41) is 3.55. The highest BCUT2D eigenvalue weighted by atomic mass is 16.2. The molecule has 1 N–H and O–H groups in total. The molecule has 1 aromatic carbocycles. The molecular weight excluding hydrogens is 318 g/mol. The fourth-order valence-electron chi connectivity index (χ4n) is 3.37. The first-order chi connectivity index (χ1) is 12.1. The summed E-state index contributed by atoms with van der Waals surface area (Å²) in [5.41, 5.74) is 1.66. The molecule has 0 spiro atoms.